The van der Waals surface area contributed by atoms with Gasteiger partial charge < -0.3 is 4.48 Å². The fourth-order valence-electron chi connectivity index (χ4n) is 4.49. The van der Waals surface area contributed by atoms with Gasteiger partial charge in [-0.3, -0.25) is 14.5 Å². The van der Waals surface area contributed by atoms with Crippen molar-refractivity contribution in [2.75, 3.05) is 20.1 Å². The van der Waals surface area contributed by atoms with E-state index >= 15 is 0 Å². The van der Waals surface area contributed by atoms with Crippen LogP contribution in [0.2, 0.25) is 0 Å². The van der Waals surface area contributed by atoms with Crippen molar-refractivity contribution in [2.45, 2.75) is 63.5 Å². The molecule has 114 valence electrons. The Bertz CT molecular complexity index is 381. The van der Waals surface area contributed by atoms with E-state index in [-0.39, 0.29) is 41.8 Å². The first kappa shape index (κ1) is 16.2. The summed E-state index contributed by atoms with van der Waals surface area (Å²) in [5.41, 5.74) is 0. The number of likely N-dealkylation sites (tertiary alicyclic amines) is 1. The van der Waals surface area contributed by atoms with E-state index in [1.165, 1.54) is 32.4 Å². The first-order valence-electron chi connectivity index (χ1n) is 7.81. The molecule has 3 saturated heterocycles. The topological polar surface area (TPSA) is 37.4 Å². The Kier molecular flexibility index (Phi) is 5.10. The van der Waals surface area contributed by atoms with E-state index in [1.54, 1.807) is 4.90 Å². The summed E-state index contributed by atoms with van der Waals surface area (Å²) in [6.45, 7) is 2.44. The number of amides is 2. The lowest BCUT2D eigenvalue weighted by molar-refractivity contribution is -0.944. The van der Waals surface area contributed by atoms with E-state index in [0.29, 0.717) is 18.9 Å². The molecule has 0 saturated carbocycles. The number of halogens is 1. The van der Waals surface area contributed by atoms with E-state index in [0.717, 1.165) is 23.7 Å². The third-order valence-electron chi connectivity index (χ3n) is 5.48. The van der Waals surface area contributed by atoms with Crippen molar-refractivity contribution < 1.29 is 38.0 Å². The van der Waals surface area contributed by atoms with Crippen molar-refractivity contribution >= 4 is 11.8 Å². The number of rotatable bonds is 1. The maximum Gasteiger partial charge on any atom is 0.235 e. The van der Waals surface area contributed by atoms with Gasteiger partial charge in [0.05, 0.1) is 26.2 Å². The Morgan fingerprint density at radius 1 is 0.950 bits per heavy atom. The molecule has 3 heterocycles. The molecule has 0 radical (unpaired) electrons. The van der Waals surface area contributed by atoms with Gasteiger partial charge in [-0.05, 0) is 32.1 Å². The zero-order valence-electron chi connectivity index (χ0n) is 12.4. The molecule has 0 aromatic rings. The minimum Gasteiger partial charge on any atom is -0.322 e. The molecule has 20 heavy (non-hydrogen) atoms. The average Bonchev–Trinajstić information content (AvgIpc) is 2.38. The highest BCUT2D eigenvalue weighted by Gasteiger charge is 2.48. The van der Waals surface area contributed by atoms with Crippen LogP contribution in [-0.2, 0) is 9.59 Å². The van der Waals surface area contributed by atoms with Crippen LogP contribution in [0.15, 0.2) is 0 Å². The van der Waals surface area contributed by atoms with Gasteiger partial charge in [0, 0.05) is 19.3 Å². The highest BCUT2D eigenvalue weighted by molar-refractivity contribution is 5.98. The molecular weight excluding hydrogens is 367 g/mol. The predicted octanol–water partition coefficient (Wildman–Crippen LogP) is -1.84. The average molecular weight is 394 g/mol. The lowest BCUT2D eigenvalue weighted by Gasteiger charge is -2.53. The maximum absolute atomic E-state index is 12.2. The molecule has 3 aliphatic rings. The second-order valence-corrected chi connectivity index (χ2v) is 6.71. The third-order valence-corrected chi connectivity index (χ3v) is 5.48. The van der Waals surface area contributed by atoms with Crippen molar-refractivity contribution in [3.05, 3.63) is 0 Å². The molecule has 0 aliphatic carbocycles. The van der Waals surface area contributed by atoms with E-state index in [2.05, 4.69) is 7.05 Å². The van der Waals surface area contributed by atoms with Gasteiger partial charge in [-0.2, -0.15) is 0 Å². The largest absolute Gasteiger partial charge is 0.322 e. The zero-order valence-corrected chi connectivity index (χ0v) is 14.9. The smallest absolute Gasteiger partial charge is 0.235 e. The molecule has 3 unspecified atom stereocenters. The van der Waals surface area contributed by atoms with Gasteiger partial charge in [0.15, 0.2) is 0 Å². The molecule has 4 nitrogen and oxygen atoms in total. The lowest BCUT2D eigenvalue weighted by atomic mass is 9.84. The number of hydrogen-bond acceptors (Lipinski definition) is 2. The highest BCUT2D eigenvalue weighted by Crippen LogP contribution is 2.36. The fraction of sp³-hybridized carbons (Fsp3) is 0.867. The number of imide groups is 1. The summed E-state index contributed by atoms with van der Waals surface area (Å²) in [7, 11) is 2.33. The van der Waals surface area contributed by atoms with Crippen molar-refractivity contribution in [1.29, 1.82) is 0 Å². The van der Waals surface area contributed by atoms with Crippen molar-refractivity contribution in [3.8, 4) is 0 Å². The normalized spacial score (nSPS) is 38.1. The van der Waals surface area contributed by atoms with Crippen LogP contribution in [0, 0.1) is 0 Å². The molecular formula is C15H27IN2O2+2. The quantitative estimate of drug-likeness (QED) is 0.298. The van der Waals surface area contributed by atoms with Crippen molar-refractivity contribution in [2.24, 2.45) is 0 Å². The van der Waals surface area contributed by atoms with E-state index < -0.39 is 0 Å². The summed E-state index contributed by atoms with van der Waals surface area (Å²) in [5, 5.41) is 0. The number of carbonyl (C=O) groups is 2. The van der Waals surface area contributed by atoms with Crippen LogP contribution < -0.4 is 24.0 Å². The second kappa shape index (κ2) is 6.30. The van der Waals surface area contributed by atoms with E-state index in [9.17, 15) is 9.59 Å². The Hall–Kier alpha value is -0.170. The molecule has 0 aromatic heterocycles. The standard InChI is InChI=1S/C15H25N2O2.H2I/c1-17-10-3-2-7-13(17)12(6-5-11-17)16-14(18)8-4-9-15(16)19;/h12-13H,2-11H2,1H3;1H2/q2*+1. The van der Waals surface area contributed by atoms with Crippen LogP contribution in [0.4, 0.5) is 0 Å². The summed E-state index contributed by atoms with van der Waals surface area (Å²) < 4.78 is 1.09. The molecule has 0 spiro atoms. The van der Waals surface area contributed by atoms with Crippen LogP contribution in [0.5, 0.6) is 0 Å². The maximum atomic E-state index is 12.2. The molecule has 3 atom stereocenters. The molecule has 5 heteroatoms. The molecule has 0 N–H and O–H groups in total. The van der Waals surface area contributed by atoms with Gasteiger partial charge in [0.2, 0.25) is 35.8 Å². The van der Waals surface area contributed by atoms with Crippen LogP contribution in [0.1, 0.15) is 51.4 Å². The van der Waals surface area contributed by atoms with Gasteiger partial charge >= 0.3 is 0 Å². The van der Waals surface area contributed by atoms with Crippen LogP contribution >= 0.6 is 0 Å². The first-order chi connectivity index (χ1) is 9.12. The molecule has 0 aromatic carbocycles. The van der Waals surface area contributed by atoms with Gasteiger partial charge in [-0.1, -0.05) is 0 Å². The molecule has 3 aliphatic heterocycles. The Morgan fingerprint density at radius 2 is 1.60 bits per heavy atom. The second-order valence-electron chi connectivity index (χ2n) is 6.71. The number of nitrogens with zero attached hydrogens (tertiary/aromatic N) is 2. The first-order valence-corrected chi connectivity index (χ1v) is 7.81. The molecule has 2 amide bonds. The minimum atomic E-state index is 0. The van der Waals surface area contributed by atoms with Gasteiger partial charge in [-0.25, -0.2) is 0 Å². The number of hydrogen-bond donors (Lipinski definition) is 0. The number of carbonyl (C=O) groups excluding carboxylic acids is 2. The predicted molar refractivity (Wildman–Crippen MR) is 75.1 cm³/mol. The lowest BCUT2D eigenvalue weighted by Crippen LogP contribution is -3.00. The number of quaternary nitrogens is 1. The SMILES string of the molecule is C[N+]12CCCCC1C(N1C(=O)CCCC1=O)CCC2.[IH2+]. The summed E-state index contributed by atoms with van der Waals surface area (Å²) in [6, 6.07) is 0.674. The van der Waals surface area contributed by atoms with E-state index in [1.807, 2.05) is 0 Å². The summed E-state index contributed by atoms with van der Waals surface area (Å²) in [6.07, 6.45) is 7.78. The van der Waals surface area contributed by atoms with Crippen molar-refractivity contribution in [3.63, 3.8) is 0 Å². The Morgan fingerprint density at radius 3 is 2.30 bits per heavy atom. The Balaban J connectivity index is 0.00000147. The van der Waals surface area contributed by atoms with Crippen LogP contribution in [0.25, 0.3) is 0 Å². The summed E-state index contributed by atoms with van der Waals surface area (Å²) in [4.78, 5) is 26.0. The zero-order chi connectivity index (χ0) is 13.5. The highest BCUT2D eigenvalue weighted by atomic mass is 127. The van der Waals surface area contributed by atoms with Crippen molar-refractivity contribution in [1.82, 2.24) is 4.90 Å². The minimum absolute atomic E-state index is 0. The van der Waals surface area contributed by atoms with Gasteiger partial charge in [-0.15, -0.1) is 0 Å². The van der Waals surface area contributed by atoms with E-state index in [4.69, 9.17) is 0 Å². The number of likely N-dealkylation sites (N-methyl/N-ethyl adjacent to an activating group) is 1. The molecule has 3 rings (SSSR count). The summed E-state index contributed by atoms with van der Waals surface area (Å²) in [5.74, 6) is 0.167. The van der Waals surface area contributed by atoms with Crippen LogP contribution in [0.3, 0.4) is 0 Å². The number of fused-ring (bicyclic) bond motifs is 1. The third kappa shape index (κ3) is 2.75. The fourth-order valence-corrected chi connectivity index (χ4v) is 4.49. The van der Waals surface area contributed by atoms with Crippen LogP contribution in [-0.4, -0.2) is 53.4 Å². The molecule has 3 fully saturated rings. The monoisotopic (exact) mass is 394 g/mol. The van der Waals surface area contributed by atoms with Gasteiger partial charge in [0.25, 0.3) is 0 Å². The molecule has 0 bridgehead atoms. The Labute approximate surface area is 138 Å². The summed E-state index contributed by atoms with van der Waals surface area (Å²) >= 11 is 0. The van der Waals surface area contributed by atoms with Gasteiger partial charge in [0.1, 0.15) is 6.04 Å². The number of piperidine rings is 3.